The van der Waals surface area contributed by atoms with Gasteiger partial charge in [-0.1, -0.05) is 31.4 Å². The number of halogens is 1. The Morgan fingerprint density at radius 1 is 1.17 bits per heavy atom. The molecule has 0 atom stereocenters. The Bertz CT molecular complexity index is 857. The Morgan fingerprint density at radius 3 is 2.60 bits per heavy atom. The zero-order chi connectivity index (χ0) is 21.0. The lowest BCUT2D eigenvalue weighted by Crippen LogP contribution is -2.57. The number of likely N-dealkylation sites (tertiary alicyclic amines) is 1. The second-order valence-electron chi connectivity index (χ2n) is 8.74. The van der Waals surface area contributed by atoms with E-state index in [-0.39, 0.29) is 23.4 Å². The van der Waals surface area contributed by atoms with Crippen molar-refractivity contribution in [3.8, 4) is 11.3 Å². The third kappa shape index (κ3) is 5.05. The summed E-state index contributed by atoms with van der Waals surface area (Å²) in [6.07, 6.45) is 8.38. The van der Waals surface area contributed by atoms with Crippen LogP contribution in [0.4, 0.5) is 4.39 Å². The summed E-state index contributed by atoms with van der Waals surface area (Å²) in [7, 11) is 0. The fraction of sp³-hybridized carbons (Fsp3) is 0.500. The summed E-state index contributed by atoms with van der Waals surface area (Å²) in [4.78, 5) is 19.8. The molecule has 1 aromatic carbocycles. The SMILES string of the molecule is O=C(NC1(CN2CCC(O)CC2)CCCCC1)c1ccc(-c2cccc(F)c2)nc1. The molecule has 2 heterocycles. The van der Waals surface area contributed by atoms with Gasteiger partial charge in [-0.3, -0.25) is 9.78 Å². The largest absolute Gasteiger partial charge is 0.393 e. The number of carbonyl (C=O) groups is 1. The van der Waals surface area contributed by atoms with Gasteiger partial charge < -0.3 is 15.3 Å². The van der Waals surface area contributed by atoms with Crippen molar-refractivity contribution in [2.24, 2.45) is 0 Å². The molecule has 0 radical (unpaired) electrons. The zero-order valence-electron chi connectivity index (χ0n) is 17.3. The van der Waals surface area contributed by atoms with Gasteiger partial charge in [0.15, 0.2) is 0 Å². The fourth-order valence-corrected chi connectivity index (χ4v) is 4.72. The fourth-order valence-electron chi connectivity index (χ4n) is 4.72. The van der Waals surface area contributed by atoms with Gasteiger partial charge in [-0.05, 0) is 49.9 Å². The first-order chi connectivity index (χ1) is 14.5. The average Bonchev–Trinajstić information content (AvgIpc) is 2.76. The van der Waals surface area contributed by atoms with Crippen LogP contribution in [0.1, 0.15) is 55.3 Å². The van der Waals surface area contributed by atoms with E-state index in [1.807, 2.05) is 0 Å². The van der Waals surface area contributed by atoms with Crippen LogP contribution in [0.3, 0.4) is 0 Å². The maximum atomic E-state index is 13.5. The first-order valence-electron chi connectivity index (χ1n) is 11.0. The number of pyridine rings is 1. The summed E-state index contributed by atoms with van der Waals surface area (Å²) in [6.45, 7) is 2.59. The van der Waals surface area contributed by atoms with Gasteiger partial charge in [0.1, 0.15) is 5.82 Å². The van der Waals surface area contributed by atoms with Crippen LogP contribution >= 0.6 is 0 Å². The summed E-state index contributed by atoms with van der Waals surface area (Å²) in [5.41, 5.74) is 1.64. The number of benzene rings is 1. The molecule has 160 valence electrons. The lowest BCUT2D eigenvalue weighted by molar-refractivity contribution is 0.0531. The average molecular weight is 412 g/mol. The molecule has 2 N–H and O–H groups in total. The number of piperidine rings is 1. The van der Waals surface area contributed by atoms with Gasteiger partial charge >= 0.3 is 0 Å². The van der Waals surface area contributed by atoms with E-state index in [1.54, 1.807) is 30.5 Å². The first-order valence-corrected chi connectivity index (χ1v) is 11.0. The van der Waals surface area contributed by atoms with Gasteiger partial charge in [0.05, 0.1) is 22.9 Å². The Morgan fingerprint density at radius 2 is 1.93 bits per heavy atom. The van der Waals surface area contributed by atoms with Crippen molar-refractivity contribution >= 4 is 5.91 Å². The molecule has 1 saturated heterocycles. The lowest BCUT2D eigenvalue weighted by atomic mass is 9.80. The van der Waals surface area contributed by atoms with Gasteiger partial charge in [-0.15, -0.1) is 0 Å². The van der Waals surface area contributed by atoms with Crippen molar-refractivity contribution in [2.45, 2.75) is 56.6 Å². The predicted octanol–water partition coefficient (Wildman–Crippen LogP) is 3.78. The molecule has 2 aromatic rings. The van der Waals surface area contributed by atoms with Gasteiger partial charge in [0.2, 0.25) is 0 Å². The van der Waals surface area contributed by atoms with Crippen LogP contribution in [0.5, 0.6) is 0 Å². The highest BCUT2D eigenvalue weighted by molar-refractivity contribution is 5.94. The second kappa shape index (κ2) is 9.23. The second-order valence-corrected chi connectivity index (χ2v) is 8.74. The number of nitrogens with zero attached hydrogens (tertiary/aromatic N) is 2. The number of rotatable bonds is 5. The highest BCUT2D eigenvalue weighted by atomic mass is 19.1. The maximum absolute atomic E-state index is 13.5. The molecule has 1 aliphatic carbocycles. The summed E-state index contributed by atoms with van der Waals surface area (Å²) >= 11 is 0. The molecule has 1 saturated carbocycles. The molecule has 1 aromatic heterocycles. The normalized spacial score (nSPS) is 20.1. The number of amides is 1. The van der Waals surface area contributed by atoms with Crippen LogP contribution in [-0.4, -0.2) is 52.2 Å². The number of aliphatic hydroxyl groups is 1. The smallest absolute Gasteiger partial charge is 0.253 e. The minimum atomic E-state index is -0.305. The minimum absolute atomic E-state index is 0.104. The lowest BCUT2D eigenvalue weighted by Gasteiger charge is -2.43. The highest BCUT2D eigenvalue weighted by Crippen LogP contribution is 2.30. The van der Waals surface area contributed by atoms with Crippen molar-refractivity contribution in [2.75, 3.05) is 19.6 Å². The summed E-state index contributed by atoms with van der Waals surface area (Å²) < 4.78 is 13.5. The molecule has 1 amide bonds. The molecule has 2 aliphatic rings. The van der Waals surface area contributed by atoms with Crippen LogP contribution in [0.2, 0.25) is 0 Å². The molecular weight excluding hydrogens is 381 g/mol. The topological polar surface area (TPSA) is 65.5 Å². The molecule has 0 bridgehead atoms. The number of carbonyl (C=O) groups excluding carboxylic acids is 1. The molecule has 2 fully saturated rings. The molecule has 5 nitrogen and oxygen atoms in total. The Balaban J connectivity index is 1.45. The number of hydrogen-bond donors (Lipinski definition) is 2. The number of hydrogen-bond acceptors (Lipinski definition) is 4. The van der Waals surface area contributed by atoms with E-state index < -0.39 is 0 Å². The third-order valence-electron chi connectivity index (χ3n) is 6.42. The van der Waals surface area contributed by atoms with E-state index >= 15 is 0 Å². The van der Waals surface area contributed by atoms with E-state index in [4.69, 9.17) is 0 Å². The van der Waals surface area contributed by atoms with Crippen LogP contribution < -0.4 is 5.32 Å². The summed E-state index contributed by atoms with van der Waals surface area (Å²) in [5.74, 6) is -0.409. The van der Waals surface area contributed by atoms with E-state index in [0.29, 0.717) is 16.8 Å². The van der Waals surface area contributed by atoms with Crippen LogP contribution in [0, 0.1) is 5.82 Å². The summed E-state index contributed by atoms with van der Waals surface area (Å²) in [5, 5.41) is 13.1. The number of aliphatic hydroxyl groups excluding tert-OH is 1. The van der Waals surface area contributed by atoms with E-state index in [1.165, 1.54) is 18.6 Å². The predicted molar refractivity (Wildman–Crippen MR) is 115 cm³/mol. The molecule has 0 unspecified atom stereocenters. The Hall–Kier alpha value is -2.31. The molecule has 4 rings (SSSR count). The van der Waals surface area contributed by atoms with Crippen LogP contribution in [0.15, 0.2) is 42.6 Å². The molecule has 0 spiro atoms. The summed E-state index contributed by atoms with van der Waals surface area (Å²) in [6, 6.07) is 9.82. The van der Waals surface area contributed by atoms with E-state index in [0.717, 1.165) is 58.2 Å². The van der Waals surface area contributed by atoms with Gasteiger partial charge in [-0.25, -0.2) is 4.39 Å². The van der Waals surface area contributed by atoms with Crippen molar-refractivity contribution in [3.63, 3.8) is 0 Å². The van der Waals surface area contributed by atoms with Crippen LogP contribution in [-0.2, 0) is 0 Å². The van der Waals surface area contributed by atoms with E-state index in [2.05, 4.69) is 15.2 Å². The molecule has 30 heavy (non-hydrogen) atoms. The van der Waals surface area contributed by atoms with Crippen molar-refractivity contribution in [1.29, 1.82) is 0 Å². The minimum Gasteiger partial charge on any atom is -0.393 e. The molecule has 6 heteroatoms. The standard InChI is InChI=1S/C24H30FN3O2/c25-20-6-4-5-18(15-20)22-8-7-19(16-26-22)23(30)27-24(11-2-1-3-12-24)17-28-13-9-21(29)10-14-28/h4-8,15-16,21,29H,1-3,9-14,17H2,(H,27,30). The Kier molecular flexibility index (Phi) is 6.44. The van der Waals surface area contributed by atoms with Crippen molar-refractivity contribution in [1.82, 2.24) is 15.2 Å². The van der Waals surface area contributed by atoms with Gasteiger partial charge in [0.25, 0.3) is 5.91 Å². The highest BCUT2D eigenvalue weighted by Gasteiger charge is 2.36. The quantitative estimate of drug-likeness (QED) is 0.786. The first kappa shape index (κ1) is 20.9. The Labute approximate surface area is 177 Å². The number of aromatic nitrogens is 1. The van der Waals surface area contributed by atoms with Gasteiger partial charge in [0, 0.05) is 31.4 Å². The monoisotopic (exact) mass is 411 g/mol. The molecule has 1 aliphatic heterocycles. The third-order valence-corrected chi connectivity index (χ3v) is 6.42. The van der Waals surface area contributed by atoms with E-state index in [9.17, 15) is 14.3 Å². The van der Waals surface area contributed by atoms with Crippen molar-refractivity contribution < 1.29 is 14.3 Å². The maximum Gasteiger partial charge on any atom is 0.253 e. The van der Waals surface area contributed by atoms with Crippen LogP contribution in [0.25, 0.3) is 11.3 Å². The molecular formula is C24H30FN3O2. The van der Waals surface area contributed by atoms with Gasteiger partial charge in [-0.2, -0.15) is 0 Å². The zero-order valence-corrected chi connectivity index (χ0v) is 17.3. The van der Waals surface area contributed by atoms with Crippen molar-refractivity contribution in [3.05, 3.63) is 54.0 Å². The number of nitrogens with one attached hydrogen (secondary N) is 1.